The number of hydrogen-bond acceptors (Lipinski definition) is 3. The summed E-state index contributed by atoms with van der Waals surface area (Å²) < 4.78 is 0. The van der Waals surface area contributed by atoms with Gasteiger partial charge in [0.1, 0.15) is 0 Å². The van der Waals surface area contributed by atoms with Crippen molar-refractivity contribution in [2.45, 2.75) is 51.2 Å². The van der Waals surface area contributed by atoms with Crippen LogP contribution < -0.4 is 0 Å². The summed E-state index contributed by atoms with van der Waals surface area (Å²) in [6, 6.07) is 4.15. The molecule has 1 unspecified atom stereocenters. The molecule has 3 nitrogen and oxygen atoms in total. The van der Waals surface area contributed by atoms with E-state index in [1.807, 2.05) is 24.8 Å². The SMILES string of the molecule is CC1(C)C(O)CCN1C(=O)CCCc1cccs1. The highest BCUT2D eigenvalue weighted by atomic mass is 32.1. The predicted octanol–water partition coefficient (Wildman–Crippen LogP) is 2.44. The number of hydrogen-bond donors (Lipinski definition) is 1. The molecule has 1 amide bonds. The van der Waals surface area contributed by atoms with Crippen molar-refractivity contribution in [3.63, 3.8) is 0 Å². The van der Waals surface area contributed by atoms with Gasteiger partial charge in [-0.2, -0.15) is 0 Å². The Kier molecular flexibility index (Phi) is 4.07. The maximum absolute atomic E-state index is 12.2. The van der Waals surface area contributed by atoms with Crippen LogP contribution in [0.3, 0.4) is 0 Å². The van der Waals surface area contributed by atoms with E-state index in [0.29, 0.717) is 19.4 Å². The second-order valence-electron chi connectivity index (χ2n) is 5.44. The quantitative estimate of drug-likeness (QED) is 0.910. The van der Waals surface area contributed by atoms with E-state index in [4.69, 9.17) is 0 Å². The molecule has 0 aliphatic carbocycles. The molecule has 4 heteroatoms. The molecule has 0 radical (unpaired) electrons. The Hall–Kier alpha value is -0.870. The zero-order valence-corrected chi connectivity index (χ0v) is 11.9. The zero-order chi connectivity index (χ0) is 13.2. The lowest BCUT2D eigenvalue weighted by atomic mass is 9.98. The Labute approximate surface area is 112 Å². The summed E-state index contributed by atoms with van der Waals surface area (Å²) in [5.41, 5.74) is -0.403. The molecule has 1 atom stereocenters. The summed E-state index contributed by atoms with van der Waals surface area (Å²) >= 11 is 1.74. The first kappa shape index (κ1) is 13.6. The van der Waals surface area contributed by atoms with Crippen molar-refractivity contribution < 1.29 is 9.90 Å². The van der Waals surface area contributed by atoms with Crippen molar-refractivity contribution in [1.82, 2.24) is 4.90 Å². The minimum absolute atomic E-state index is 0.174. The molecular formula is C14H21NO2S. The van der Waals surface area contributed by atoms with Crippen LogP contribution in [0.15, 0.2) is 17.5 Å². The molecule has 1 aliphatic heterocycles. The van der Waals surface area contributed by atoms with Crippen LogP contribution in [-0.2, 0) is 11.2 Å². The largest absolute Gasteiger partial charge is 0.391 e. The number of aryl methyl sites for hydroxylation is 1. The van der Waals surface area contributed by atoms with E-state index in [0.717, 1.165) is 12.8 Å². The van der Waals surface area contributed by atoms with Gasteiger partial charge in [0.15, 0.2) is 0 Å². The lowest BCUT2D eigenvalue weighted by Crippen LogP contribution is -2.48. The normalized spacial score (nSPS) is 22.4. The molecule has 1 aromatic heterocycles. The average Bonchev–Trinajstić information content (AvgIpc) is 2.89. The van der Waals surface area contributed by atoms with E-state index < -0.39 is 11.6 Å². The van der Waals surface area contributed by atoms with Gasteiger partial charge in [-0.05, 0) is 44.6 Å². The van der Waals surface area contributed by atoms with E-state index in [2.05, 4.69) is 11.4 Å². The summed E-state index contributed by atoms with van der Waals surface area (Å²) in [7, 11) is 0. The van der Waals surface area contributed by atoms with Crippen molar-refractivity contribution in [2.75, 3.05) is 6.54 Å². The number of aliphatic hydroxyl groups is 1. The fraction of sp³-hybridized carbons (Fsp3) is 0.643. The Morgan fingerprint density at radius 1 is 1.61 bits per heavy atom. The minimum Gasteiger partial charge on any atom is -0.391 e. The van der Waals surface area contributed by atoms with Gasteiger partial charge in [0, 0.05) is 17.8 Å². The molecule has 18 heavy (non-hydrogen) atoms. The van der Waals surface area contributed by atoms with Crippen LogP contribution in [0.25, 0.3) is 0 Å². The molecule has 2 rings (SSSR count). The number of likely N-dealkylation sites (tertiary alicyclic amines) is 1. The van der Waals surface area contributed by atoms with Crippen LogP contribution in [0.2, 0.25) is 0 Å². The predicted molar refractivity (Wildman–Crippen MR) is 73.7 cm³/mol. The highest BCUT2D eigenvalue weighted by molar-refractivity contribution is 7.09. The van der Waals surface area contributed by atoms with Crippen molar-refractivity contribution >= 4 is 17.2 Å². The lowest BCUT2D eigenvalue weighted by Gasteiger charge is -2.33. The average molecular weight is 267 g/mol. The highest BCUT2D eigenvalue weighted by Gasteiger charge is 2.42. The first-order chi connectivity index (χ1) is 8.51. The van der Waals surface area contributed by atoms with Gasteiger partial charge in [0.25, 0.3) is 0 Å². The summed E-state index contributed by atoms with van der Waals surface area (Å²) in [6.07, 6.45) is 2.75. The Balaban J connectivity index is 1.82. The number of carbonyl (C=O) groups is 1. The third-order valence-corrected chi connectivity index (χ3v) is 4.77. The van der Waals surface area contributed by atoms with E-state index in [-0.39, 0.29) is 5.91 Å². The molecule has 1 aromatic rings. The van der Waals surface area contributed by atoms with Crippen molar-refractivity contribution in [3.8, 4) is 0 Å². The van der Waals surface area contributed by atoms with Crippen molar-refractivity contribution in [3.05, 3.63) is 22.4 Å². The summed E-state index contributed by atoms with van der Waals surface area (Å²) in [6.45, 7) is 4.58. The molecular weight excluding hydrogens is 246 g/mol. The molecule has 1 saturated heterocycles. The van der Waals surface area contributed by atoms with Crippen LogP contribution in [0.4, 0.5) is 0 Å². The van der Waals surface area contributed by atoms with Gasteiger partial charge >= 0.3 is 0 Å². The van der Waals surface area contributed by atoms with Gasteiger partial charge in [-0.25, -0.2) is 0 Å². The van der Waals surface area contributed by atoms with E-state index in [1.165, 1.54) is 4.88 Å². The third-order valence-electron chi connectivity index (χ3n) is 3.83. The third kappa shape index (κ3) is 2.75. The second-order valence-corrected chi connectivity index (χ2v) is 6.47. The molecule has 0 spiro atoms. The molecule has 1 fully saturated rings. The number of amides is 1. The van der Waals surface area contributed by atoms with Gasteiger partial charge < -0.3 is 10.0 Å². The number of carbonyl (C=O) groups excluding carboxylic acids is 1. The Morgan fingerprint density at radius 3 is 2.94 bits per heavy atom. The van der Waals surface area contributed by atoms with Gasteiger partial charge in [0.2, 0.25) is 5.91 Å². The molecule has 100 valence electrons. The van der Waals surface area contributed by atoms with Gasteiger partial charge in [-0.15, -0.1) is 11.3 Å². The van der Waals surface area contributed by atoms with Crippen molar-refractivity contribution in [1.29, 1.82) is 0 Å². The number of aliphatic hydroxyl groups excluding tert-OH is 1. The first-order valence-corrected chi connectivity index (χ1v) is 7.40. The summed E-state index contributed by atoms with van der Waals surface area (Å²) in [4.78, 5) is 15.3. The fourth-order valence-corrected chi connectivity index (χ4v) is 3.27. The summed E-state index contributed by atoms with van der Waals surface area (Å²) in [5, 5.41) is 11.9. The second kappa shape index (κ2) is 5.41. The molecule has 0 bridgehead atoms. The number of nitrogens with zero attached hydrogens (tertiary/aromatic N) is 1. The van der Waals surface area contributed by atoms with E-state index in [9.17, 15) is 9.90 Å². The van der Waals surface area contributed by atoms with Gasteiger partial charge in [-0.3, -0.25) is 4.79 Å². The Bertz CT molecular complexity index is 400. The van der Waals surface area contributed by atoms with Crippen LogP contribution in [-0.4, -0.2) is 34.1 Å². The van der Waals surface area contributed by atoms with Crippen LogP contribution >= 0.6 is 11.3 Å². The highest BCUT2D eigenvalue weighted by Crippen LogP contribution is 2.29. The first-order valence-electron chi connectivity index (χ1n) is 6.52. The Morgan fingerprint density at radius 2 is 2.39 bits per heavy atom. The summed E-state index contributed by atoms with van der Waals surface area (Å²) in [5.74, 6) is 0.174. The van der Waals surface area contributed by atoms with Crippen LogP contribution in [0.5, 0.6) is 0 Å². The molecule has 1 aliphatic rings. The standard InChI is InChI=1S/C14H21NO2S/c1-14(2)12(16)8-9-15(14)13(17)7-3-5-11-6-4-10-18-11/h4,6,10,12,16H,3,5,7-9H2,1-2H3. The maximum Gasteiger partial charge on any atom is 0.223 e. The van der Waals surface area contributed by atoms with E-state index >= 15 is 0 Å². The maximum atomic E-state index is 12.2. The van der Waals surface area contributed by atoms with Crippen LogP contribution in [0.1, 0.15) is 38.0 Å². The fourth-order valence-electron chi connectivity index (χ4n) is 2.52. The monoisotopic (exact) mass is 267 g/mol. The lowest BCUT2D eigenvalue weighted by molar-refractivity contribution is -0.136. The minimum atomic E-state index is -0.403. The molecule has 1 N–H and O–H groups in total. The number of thiophene rings is 1. The van der Waals surface area contributed by atoms with Crippen molar-refractivity contribution in [2.24, 2.45) is 0 Å². The van der Waals surface area contributed by atoms with Gasteiger partial charge in [-0.1, -0.05) is 6.07 Å². The molecule has 0 aromatic carbocycles. The molecule has 2 heterocycles. The number of rotatable bonds is 4. The smallest absolute Gasteiger partial charge is 0.223 e. The zero-order valence-electron chi connectivity index (χ0n) is 11.1. The van der Waals surface area contributed by atoms with Gasteiger partial charge in [0.05, 0.1) is 11.6 Å². The van der Waals surface area contributed by atoms with E-state index in [1.54, 1.807) is 11.3 Å². The van der Waals surface area contributed by atoms with Crippen LogP contribution in [0, 0.1) is 0 Å². The molecule has 0 saturated carbocycles. The topological polar surface area (TPSA) is 40.5 Å².